The molecule has 0 spiro atoms. The molecular formula is C16H21N3O3. The van der Waals surface area contributed by atoms with E-state index in [1.54, 1.807) is 4.68 Å². The molecule has 1 heterocycles. The van der Waals surface area contributed by atoms with Crippen molar-refractivity contribution in [3.8, 4) is 0 Å². The van der Waals surface area contributed by atoms with Crippen LogP contribution in [0.2, 0.25) is 0 Å². The molecule has 1 fully saturated rings. The maximum atomic E-state index is 12.5. The number of nitrogens with zero attached hydrogens (tertiary/aromatic N) is 2. The first-order valence-electron chi connectivity index (χ1n) is 7.58. The number of amides is 1. The lowest BCUT2D eigenvalue weighted by molar-refractivity contribution is -0.147. The number of fused-ring (bicyclic) bond motifs is 2. The van der Waals surface area contributed by atoms with Crippen molar-refractivity contribution in [1.82, 2.24) is 15.1 Å². The zero-order chi connectivity index (χ0) is 16.0. The number of aliphatic carboxylic acids is 1. The van der Waals surface area contributed by atoms with Crippen LogP contribution in [0.5, 0.6) is 0 Å². The Balaban J connectivity index is 1.72. The van der Waals surface area contributed by atoms with Crippen molar-refractivity contribution in [1.29, 1.82) is 0 Å². The molecule has 3 rings (SSSR count). The summed E-state index contributed by atoms with van der Waals surface area (Å²) in [6.07, 6.45) is 4.72. The standard InChI is InChI=1S/C16H21N3O3/c1-8-12(9(2)19(3)18-8)7-17-15(20)13-10-4-5-11(6-10)14(13)16(21)22/h4-5,10-11,13-14H,6-7H2,1-3H3,(H,17,20)(H,21,22)/t10-,11-,13-,14-/m0/s1. The maximum Gasteiger partial charge on any atom is 0.307 e. The molecule has 22 heavy (non-hydrogen) atoms. The summed E-state index contributed by atoms with van der Waals surface area (Å²) in [7, 11) is 1.87. The molecule has 1 saturated carbocycles. The van der Waals surface area contributed by atoms with Crippen LogP contribution in [0, 0.1) is 37.5 Å². The highest BCUT2D eigenvalue weighted by Gasteiger charge is 2.51. The van der Waals surface area contributed by atoms with Crippen molar-refractivity contribution in [2.24, 2.45) is 30.7 Å². The van der Waals surface area contributed by atoms with Crippen LogP contribution in [0.25, 0.3) is 0 Å². The molecule has 0 radical (unpaired) electrons. The van der Waals surface area contributed by atoms with Crippen LogP contribution < -0.4 is 5.32 Å². The Kier molecular flexibility index (Phi) is 3.54. The summed E-state index contributed by atoms with van der Waals surface area (Å²) in [5.74, 6) is -2.02. The number of hydrogen-bond donors (Lipinski definition) is 2. The fourth-order valence-corrected chi connectivity index (χ4v) is 3.88. The quantitative estimate of drug-likeness (QED) is 0.818. The summed E-state index contributed by atoms with van der Waals surface area (Å²) >= 11 is 0. The van der Waals surface area contributed by atoms with Gasteiger partial charge in [-0.05, 0) is 32.1 Å². The summed E-state index contributed by atoms with van der Waals surface area (Å²) in [6, 6.07) is 0. The van der Waals surface area contributed by atoms with Gasteiger partial charge in [0.2, 0.25) is 5.91 Å². The lowest BCUT2D eigenvalue weighted by Gasteiger charge is -2.23. The van der Waals surface area contributed by atoms with Gasteiger partial charge in [-0.3, -0.25) is 14.3 Å². The fraction of sp³-hybridized carbons (Fsp3) is 0.562. The van der Waals surface area contributed by atoms with Crippen LogP contribution in [-0.2, 0) is 23.2 Å². The van der Waals surface area contributed by atoms with Crippen LogP contribution in [0.15, 0.2) is 12.2 Å². The lowest BCUT2D eigenvalue weighted by Crippen LogP contribution is -2.40. The molecule has 0 unspecified atom stereocenters. The highest BCUT2D eigenvalue weighted by molar-refractivity contribution is 5.86. The van der Waals surface area contributed by atoms with Gasteiger partial charge in [-0.25, -0.2) is 0 Å². The van der Waals surface area contributed by atoms with E-state index in [1.165, 1.54) is 0 Å². The first-order valence-corrected chi connectivity index (χ1v) is 7.58. The second-order valence-electron chi connectivity index (χ2n) is 6.33. The number of rotatable bonds is 4. The van der Waals surface area contributed by atoms with Crippen molar-refractivity contribution < 1.29 is 14.7 Å². The van der Waals surface area contributed by atoms with E-state index in [4.69, 9.17) is 0 Å². The number of carbonyl (C=O) groups excluding carboxylic acids is 1. The molecule has 1 aromatic heterocycles. The molecule has 0 aromatic carbocycles. The van der Waals surface area contributed by atoms with E-state index in [9.17, 15) is 14.7 Å². The number of aromatic nitrogens is 2. The highest BCUT2D eigenvalue weighted by atomic mass is 16.4. The number of aryl methyl sites for hydroxylation is 2. The van der Waals surface area contributed by atoms with Crippen LogP contribution in [0.3, 0.4) is 0 Å². The molecule has 118 valence electrons. The molecule has 1 amide bonds. The predicted molar refractivity (Wildman–Crippen MR) is 79.9 cm³/mol. The highest BCUT2D eigenvalue weighted by Crippen LogP contribution is 2.48. The Morgan fingerprint density at radius 3 is 2.50 bits per heavy atom. The van der Waals surface area contributed by atoms with Crippen molar-refractivity contribution in [3.05, 3.63) is 29.1 Å². The third-order valence-corrected chi connectivity index (χ3v) is 5.15. The van der Waals surface area contributed by atoms with Crippen molar-refractivity contribution in [2.75, 3.05) is 0 Å². The summed E-state index contributed by atoms with van der Waals surface area (Å²) in [5.41, 5.74) is 2.91. The molecule has 2 bridgehead atoms. The molecular weight excluding hydrogens is 282 g/mol. The number of carboxylic acids is 1. The van der Waals surface area contributed by atoms with Gasteiger partial charge in [-0.2, -0.15) is 5.10 Å². The summed E-state index contributed by atoms with van der Waals surface area (Å²) in [4.78, 5) is 24.0. The monoisotopic (exact) mass is 303 g/mol. The number of allylic oxidation sites excluding steroid dienone is 2. The van der Waals surface area contributed by atoms with Gasteiger partial charge < -0.3 is 10.4 Å². The van der Waals surface area contributed by atoms with Gasteiger partial charge in [0.1, 0.15) is 0 Å². The van der Waals surface area contributed by atoms with Gasteiger partial charge in [-0.15, -0.1) is 0 Å². The van der Waals surface area contributed by atoms with E-state index < -0.39 is 17.8 Å². The summed E-state index contributed by atoms with van der Waals surface area (Å²) < 4.78 is 1.79. The van der Waals surface area contributed by atoms with Gasteiger partial charge in [0.05, 0.1) is 17.5 Å². The van der Waals surface area contributed by atoms with Gasteiger partial charge in [0.15, 0.2) is 0 Å². The van der Waals surface area contributed by atoms with Gasteiger partial charge >= 0.3 is 5.97 Å². The minimum atomic E-state index is -0.870. The van der Waals surface area contributed by atoms with Crippen molar-refractivity contribution >= 4 is 11.9 Å². The molecule has 6 nitrogen and oxygen atoms in total. The Labute approximate surface area is 129 Å². The minimum absolute atomic E-state index is 0.000106. The lowest BCUT2D eigenvalue weighted by atomic mass is 9.82. The van der Waals surface area contributed by atoms with Crippen LogP contribution in [0.1, 0.15) is 23.4 Å². The van der Waals surface area contributed by atoms with E-state index in [2.05, 4.69) is 10.4 Å². The Hall–Kier alpha value is -2.11. The third kappa shape index (κ3) is 2.23. The smallest absolute Gasteiger partial charge is 0.307 e. The van der Waals surface area contributed by atoms with Gasteiger partial charge in [-0.1, -0.05) is 12.2 Å². The van der Waals surface area contributed by atoms with E-state index in [0.29, 0.717) is 6.54 Å². The Morgan fingerprint density at radius 1 is 1.32 bits per heavy atom. The third-order valence-electron chi connectivity index (χ3n) is 5.15. The molecule has 1 aromatic rings. The van der Waals surface area contributed by atoms with Crippen LogP contribution in [0.4, 0.5) is 0 Å². The zero-order valence-corrected chi connectivity index (χ0v) is 13.0. The maximum absolute atomic E-state index is 12.5. The SMILES string of the molecule is Cc1nn(C)c(C)c1CNC(=O)[C@@H]1[C@@H](C(=O)O)[C@H]2C=C[C@H]1C2. The molecule has 6 heteroatoms. The van der Waals surface area contributed by atoms with E-state index in [-0.39, 0.29) is 17.7 Å². The fourth-order valence-electron chi connectivity index (χ4n) is 3.88. The average molecular weight is 303 g/mol. The van der Waals surface area contributed by atoms with Crippen molar-refractivity contribution in [2.45, 2.75) is 26.8 Å². The normalized spacial score (nSPS) is 29.0. The zero-order valence-electron chi connectivity index (χ0n) is 13.0. The number of carbonyl (C=O) groups is 2. The first kappa shape index (κ1) is 14.8. The van der Waals surface area contributed by atoms with E-state index in [1.807, 2.05) is 33.0 Å². The summed E-state index contributed by atoms with van der Waals surface area (Å²) in [6.45, 7) is 4.27. The molecule has 0 aliphatic heterocycles. The molecule has 4 atom stereocenters. The summed E-state index contributed by atoms with van der Waals surface area (Å²) in [5, 5.41) is 16.6. The Morgan fingerprint density at radius 2 is 1.95 bits per heavy atom. The Bertz CT molecular complexity index is 662. The second-order valence-corrected chi connectivity index (χ2v) is 6.33. The van der Waals surface area contributed by atoms with E-state index >= 15 is 0 Å². The number of nitrogens with one attached hydrogen (secondary N) is 1. The number of carboxylic acid groups (broad SMARTS) is 1. The molecule has 2 aliphatic rings. The largest absolute Gasteiger partial charge is 0.481 e. The van der Waals surface area contributed by atoms with Crippen LogP contribution in [-0.4, -0.2) is 26.8 Å². The van der Waals surface area contributed by atoms with E-state index in [0.717, 1.165) is 23.4 Å². The van der Waals surface area contributed by atoms with Gasteiger partial charge in [0.25, 0.3) is 0 Å². The number of hydrogen-bond acceptors (Lipinski definition) is 3. The van der Waals surface area contributed by atoms with Crippen LogP contribution >= 0.6 is 0 Å². The average Bonchev–Trinajstić information content (AvgIpc) is 3.12. The molecule has 2 aliphatic carbocycles. The molecule has 2 N–H and O–H groups in total. The first-order chi connectivity index (χ1) is 10.4. The molecule has 0 saturated heterocycles. The van der Waals surface area contributed by atoms with Crippen molar-refractivity contribution in [3.63, 3.8) is 0 Å². The second kappa shape index (κ2) is 5.26. The topological polar surface area (TPSA) is 84.2 Å². The van der Waals surface area contributed by atoms with Gasteiger partial charge in [0, 0.05) is 24.8 Å². The minimum Gasteiger partial charge on any atom is -0.481 e. The predicted octanol–water partition coefficient (Wildman–Crippen LogP) is 1.18.